The minimum atomic E-state index is 1.25. The molecule has 1 aliphatic carbocycles. The molecule has 0 amide bonds. The van der Waals surface area contributed by atoms with E-state index < -0.39 is 0 Å². The van der Waals surface area contributed by atoms with E-state index in [1.54, 1.807) is 16.7 Å². The monoisotopic (exact) mass is 320 g/mol. The second-order valence-electron chi connectivity index (χ2n) is 7.56. The van der Waals surface area contributed by atoms with E-state index in [2.05, 4.69) is 49.4 Å². The first-order valence-corrected chi connectivity index (χ1v) is 9.97. The van der Waals surface area contributed by atoms with E-state index in [0.717, 1.165) is 0 Å². The fraction of sp³-hybridized carbons (Fsp3) is 0.500. The van der Waals surface area contributed by atoms with E-state index in [9.17, 15) is 0 Å². The molecule has 128 valence electrons. The first-order valence-electron chi connectivity index (χ1n) is 9.97. The van der Waals surface area contributed by atoms with Crippen molar-refractivity contribution in [3.63, 3.8) is 0 Å². The largest absolute Gasteiger partial charge is 0.0591 e. The molecule has 0 aromatic heterocycles. The van der Waals surface area contributed by atoms with Gasteiger partial charge in [-0.05, 0) is 67.7 Å². The standard InChI is InChI=1S/C24H32/c1-20-11-13-21(14-12-20)9-7-5-3-2-4-6-8-10-22-15-16-23-17-18-24(23)19-22/h11-16,19H,2-10,17-18H2,1H3. The molecule has 0 unspecified atom stereocenters. The average molecular weight is 321 g/mol. The molecule has 0 heterocycles. The molecule has 0 radical (unpaired) electrons. The maximum Gasteiger partial charge on any atom is -0.0235 e. The molecule has 0 atom stereocenters. The van der Waals surface area contributed by atoms with Crippen LogP contribution in [0.4, 0.5) is 0 Å². The molecular formula is C24H32. The van der Waals surface area contributed by atoms with Crippen molar-refractivity contribution in [2.45, 2.75) is 77.6 Å². The third-order valence-electron chi connectivity index (χ3n) is 5.49. The Labute approximate surface area is 148 Å². The SMILES string of the molecule is Cc1ccc(CCCCCCCCCc2ccc3c(c2)CC3)cc1. The molecule has 0 N–H and O–H groups in total. The molecule has 0 heteroatoms. The molecule has 0 spiro atoms. The maximum atomic E-state index is 2.45. The summed E-state index contributed by atoms with van der Waals surface area (Å²) < 4.78 is 0. The summed E-state index contributed by atoms with van der Waals surface area (Å²) in [5.41, 5.74) is 7.62. The summed E-state index contributed by atoms with van der Waals surface area (Å²) in [6.45, 7) is 2.16. The number of fused-ring (bicyclic) bond motifs is 1. The molecule has 0 bridgehead atoms. The van der Waals surface area contributed by atoms with E-state index in [-0.39, 0.29) is 0 Å². The highest BCUT2D eigenvalue weighted by atomic mass is 14.2. The van der Waals surface area contributed by atoms with Gasteiger partial charge < -0.3 is 0 Å². The third-order valence-corrected chi connectivity index (χ3v) is 5.49. The fourth-order valence-corrected chi connectivity index (χ4v) is 3.70. The van der Waals surface area contributed by atoms with Gasteiger partial charge in [-0.15, -0.1) is 0 Å². The van der Waals surface area contributed by atoms with Crippen molar-refractivity contribution in [1.29, 1.82) is 0 Å². The van der Waals surface area contributed by atoms with Crippen LogP contribution in [-0.2, 0) is 25.7 Å². The van der Waals surface area contributed by atoms with Crippen LogP contribution in [0.25, 0.3) is 0 Å². The van der Waals surface area contributed by atoms with Crippen molar-refractivity contribution in [2.24, 2.45) is 0 Å². The van der Waals surface area contributed by atoms with E-state index >= 15 is 0 Å². The highest BCUT2D eigenvalue weighted by Gasteiger charge is 2.12. The summed E-state index contributed by atoms with van der Waals surface area (Å²) in [6.07, 6.45) is 14.9. The maximum absolute atomic E-state index is 2.45. The lowest BCUT2D eigenvalue weighted by molar-refractivity contribution is 0.579. The van der Waals surface area contributed by atoms with Crippen LogP contribution in [0.1, 0.15) is 72.8 Å². The fourth-order valence-electron chi connectivity index (χ4n) is 3.70. The molecule has 2 aromatic rings. The van der Waals surface area contributed by atoms with E-state index in [4.69, 9.17) is 0 Å². The summed E-state index contributed by atoms with van der Waals surface area (Å²) >= 11 is 0. The van der Waals surface area contributed by atoms with Crippen LogP contribution in [0.3, 0.4) is 0 Å². The lowest BCUT2D eigenvalue weighted by Crippen LogP contribution is -2.08. The number of hydrogen-bond donors (Lipinski definition) is 0. The van der Waals surface area contributed by atoms with Gasteiger partial charge in [-0.25, -0.2) is 0 Å². The van der Waals surface area contributed by atoms with Crippen LogP contribution >= 0.6 is 0 Å². The quantitative estimate of drug-likeness (QED) is 0.432. The lowest BCUT2D eigenvalue weighted by Gasteiger charge is -2.19. The molecule has 0 aliphatic heterocycles. The lowest BCUT2D eigenvalue weighted by atomic mass is 9.86. The number of benzene rings is 2. The van der Waals surface area contributed by atoms with Crippen LogP contribution in [0.2, 0.25) is 0 Å². The molecule has 3 rings (SSSR count). The van der Waals surface area contributed by atoms with Gasteiger partial charge in [0.1, 0.15) is 0 Å². The number of unbranched alkanes of at least 4 members (excludes halogenated alkanes) is 6. The Hall–Kier alpha value is -1.56. The van der Waals surface area contributed by atoms with Gasteiger partial charge in [-0.3, -0.25) is 0 Å². The molecular weight excluding hydrogens is 288 g/mol. The van der Waals surface area contributed by atoms with E-state index in [0.29, 0.717) is 0 Å². The van der Waals surface area contributed by atoms with Gasteiger partial charge in [-0.1, -0.05) is 80.1 Å². The van der Waals surface area contributed by atoms with Gasteiger partial charge >= 0.3 is 0 Å². The van der Waals surface area contributed by atoms with Crippen molar-refractivity contribution in [3.8, 4) is 0 Å². The van der Waals surface area contributed by atoms with Crippen LogP contribution in [0.5, 0.6) is 0 Å². The minimum absolute atomic E-state index is 1.25. The zero-order valence-electron chi connectivity index (χ0n) is 15.3. The Balaban J connectivity index is 1.18. The Morgan fingerprint density at radius 2 is 1.12 bits per heavy atom. The van der Waals surface area contributed by atoms with Crippen molar-refractivity contribution in [3.05, 3.63) is 70.3 Å². The molecule has 1 aliphatic rings. The second-order valence-corrected chi connectivity index (χ2v) is 7.56. The molecule has 0 nitrogen and oxygen atoms in total. The topological polar surface area (TPSA) is 0 Å². The van der Waals surface area contributed by atoms with E-state index in [1.165, 1.54) is 81.8 Å². The Kier molecular flexibility index (Phi) is 6.52. The van der Waals surface area contributed by atoms with Gasteiger partial charge in [0.2, 0.25) is 0 Å². The van der Waals surface area contributed by atoms with Crippen LogP contribution in [0, 0.1) is 6.92 Å². The molecule has 2 aromatic carbocycles. The van der Waals surface area contributed by atoms with Crippen LogP contribution < -0.4 is 0 Å². The Morgan fingerprint density at radius 1 is 0.583 bits per heavy atom. The predicted octanol–water partition coefficient (Wildman–Crippen LogP) is 6.61. The average Bonchev–Trinajstić information content (AvgIpc) is 2.57. The Bertz CT molecular complexity index is 621. The first-order chi connectivity index (χ1) is 11.8. The normalized spacial score (nSPS) is 12.7. The zero-order valence-corrected chi connectivity index (χ0v) is 15.3. The zero-order chi connectivity index (χ0) is 16.6. The highest BCUT2D eigenvalue weighted by molar-refractivity contribution is 5.38. The molecule has 24 heavy (non-hydrogen) atoms. The smallest absolute Gasteiger partial charge is 0.0235 e. The van der Waals surface area contributed by atoms with Crippen molar-refractivity contribution >= 4 is 0 Å². The summed E-state index contributed by atoms with van der Waals surface area (Å²) in [5.74, 6) is 0. The van der Waals surface area contributed by atoms with Gasteiger partial charge in [0, 0.05) is 0 Å². The summed E-state index contributed by atoms with van der Waals surface area (Å²) in [6, 6.07) is 16.2. The van der Waals surface area contributed by atoms with Crippen molar-refractivity contribution in [1.82, 2.24) is 0 Å². The van der Waals surface area contributed by atoms with Crippen molar-refractivity contribution < 1.29 is 0 Å². The summed E-state index contributed by atoms with van der Waals surface area (Å²) in [5, 5.41) is 0. The Morgan fingerprint density at radius 3 is 1.71 bits per heavy atom. The van der Waals surface area contributed by atoms with Crippen molar-refractivity contribution in [2.75, 3.05) is 0 Å². The summed E-state index contributed by atoms with van der Waals surface area (Å²) in [4.78, 5) is 0. The van der Waals surface area contributed by atoms with Gasteiger partial charge in [0.15, 0.2) is 0 Å². The minimum Gasteiger partial charge on any atom is -0.0591 e. The first kappa shape index (κ1) is 17.3. The van der Waals surface area contributed by atoms with Gasteiger partial charge in [-0.2, -0.15) is 0 Å². The molecule has 0 fully saturated rings. The molecule has 0 saturated heterocycles. The van der Waals surface area contributed by atoms with Crippen LogP contribution in [-0.4, -0.2) is 0 Å². The van der Waals surface area contributed by atoms with Gasteiger partial charge in [0.05, 0.1) is 0 Å². The number of rotatable bonds is 10. The van der Waals surface area contributed by atoms with Gasteiger partial charge in [0.25, 0.3) is 0 Å². The number of hydrogen-bond acceptors (Lipinski definition) is 0. The number of aryl methyl sites for hydroxylation is 5. The molecule has 0 saturated carbocycles. The third kappa shape index (κ3) is 5.23. The van der Waals surface area contributed by atoms with E-state index in [1.807, 2.05) is 0 Å². The van der Waals surface area contributed by atoms with Crippen LogP contribution in [0.15, 0.2) is 42.5 Å². The highest BCUT2D eigenvalue weighted by Crippen LogP contribution is 2.24. The second kappa shape index (κ2) is 9.06. The summed E-state index contributed by atoms with van der Waals surface area (Å²) in [7, 11) is 0. The predicted molar refractivity (Wildman–Crippen MR) is 105 cm³/mol.